The third-order valence-electron chi connectivity index (χ3n) is 4.31. The van der Waals surface area contributed by atoms with Gasteiger partial charge in [-0.25, -0.2) is 9.69 Å². The molecule has 25 heavy (non-hydrogen) atoms. The molecule has 1 aliphatic rings. The van der Waals surface area contributed by atoms with Crippen LogP contribution in [-0.4, -0.2) is 40.1 Å². The Morgan fingerprint density at radius 3 is 2.40 bits per heavy atom. The normalized spacial score (nSPS) is 22.4. The molecule has 0 bridgehead atoms. The van der Waals surface area contributed by atoms with Crippen molar-refractivity contribution in [2.75, 3.05) is 0 Å². The number of carbonyl (C=O) groups is 2. The molecule has 3 atom stereocenters. The van der Waals surface area contributed by atoms with Crippen LogP contribution in [0.25, 0.3) is 0 Å². The fourth-order valence-corrected chi connectivity index (χ4v) is 2.93. The summed E-state index contributed by atoms with van der Waals surface area (Å²) < 4.78 is 43.7. The first-order valence-electron chi connectivity index (χ1n) is 7.76. The summed E-state index contributed by atoms with van der Waals surface area (Å²) in [6, 6.07) is 8.31. The molecule has 0 radical (unpaired) electrons. The highest BCUT2D eigenvalue weighted by Gasteiger charge is 2.54. The first-order chi connectivity index (χ1) is 11.4. The van der Waals surface area contributed by atoms with Gasteiger partial charge in [0.25, 0.3) is 0 Å². The lowest BCUT2D eigenvalue weighted by molar-refractivity contribution is -0.154. The lowest BCUT2D eigenvalue weighted by atomic mass is 9.91. The molecule has 1 heterocycles. The van der Waals surface area contributed by atoms with Gasteiger partial charge in [0.15, 0.2) is 0 Å². The first kappa shape index (κ1) is 19.6. The molecule has 1 fully saturated rings. The van der Waals surface area contributed by atoms with E-state index in [1.165, 1.54) is 0 Å². The Hall–Kier alpha value is -1.76. The second kappa shape index (κ2) is 6.86. The lowest BCUT2D eigenvalue weighted by Crippen LogP contribution is -2.50. The van der Waals surface area contributed by atoms with Gasteiger partial charge in [0.05, 0.1) is 12.0 Å². The molecular weight excluding hydrogens is 359 g/mol. The van der Waals surface area contributed by atoms with Gasteiger partial charge in [-0.15, -0.1) is 11.6 Å². The Morgan fingerprint density at radius 2 is 1.88 bits per heavy atom. The summed E-state index contributed by atoms with van der Waals surface area (Å²) in [7, 11) is 0. The molecule has 1 aromatic rings. The van der Waals surface area contributed by atoms with E-state index in [1.807, 2.05) is 18.2 Å². The zero-order valence-corrected chi connectivity index (χ0v) is 14.8. The second-order valence-corrected chi connectivity index (χ2v) is 7.09. The summed E-state index contributed by atoms with van der Waals surface area (Å²) in [5, 5.41) is -2.38. The first-order valence-corrected chi connectivity index (χ1v) is 8.19. The number of imide groups is 1. The van der Waals surface area contributed by atoms with Gasteiger partial charge in [-0.2, -0.15) is 13.2 Å². The van der Waals surface area contributed by atoms with E-state index in [1.54, 1.807) is 26.0 Å². The maximum Gasteiger partial charge on any atom is 0.417 e. The van der Waals surface area contributed by atoms with Crippen LogP contribution < -0.4 is 0 Å². The number of carbonyl (C=O) groups excluding carboxylic acids is 2. The van der Waals surface area contributed by atoms with Gasteiger partial charge in [0, 0.05) is 0 Å². The van der Waals surface area contributed by atoms with Crippen LogP contribution in [0.1, 0.15) is 26.3 Å². The zero-order chi connectivity index (χ0) is 19.0. The fraction of sp³-hybridized carbons (Fsp3) is 0.529. The van der Waals surface area contributed by atoms with Crippen molar-refractivity contribution in [3.63, 3.8) is 0 Å². The second-order valence-electron chi connectivity index (χ2n) is 6.62. The highest BCUT2D eigenvalue weighted by Crippen LogP contribution is 2.36. The number of hydrogen-bond donors (Lipinski definition) is 0. The topological polar surface area (TPSA) is 46.6 Å². The molecule has 1 unspecified atom stereocenters. The van der Waals surface area contributed by atoms with Crippen molar-refractivity contribution in [2.24, 2.45) is 5.92 Å². The van der Waals surface area contributed by atoms with Crippen LogP contribution in [-0.2, 0) is 16.0 Å². The summed E-state index contributed by atoms with van der Waals surface area (Å²) in [5.41, 5.74) is -0.190. The summed E-state index contributed by atoms with van der Waals surface area (Å²) in [6.07, 6.45) is -5.42. The van der Waals surface area contributed by atoms with Gasteiger partial charge in [-0.05, 0) is 25.8 Å². The molecule has 2 rings (SSSR count). The quantitative estimate of drug-likeness (QED) is 0.740. The molecular formula is C17H19ClF3NO3. The van der Waals surface area contributed by atoms with Crippen LogP contribution >= 0.6 is 11.6 Å². The third kappa shape index (κ3) is 4.08. The van der Waals surface area contributed by atoms with Crippen LogP contribution in [0.4, 0.5) is 18.0 Å². The van der Waals surface area contributed by atoms with Gasteiger partial charge in [0.1, 0.15) is 11.0 Å². The number of rotatable bonds is 4. The molecule has 2 amide bonds. The van der Waals surface area contributed by atoms with E-state index in [-0.39, 0.29) is 6.42 Å². The van der Waals surface area contributed by atoms with E-state index in [9.17, 15) is 22.8 Å². The molecule has 8 heteroatoms. The molecule has 1 aromatic carbocycles. The summed E-state index contributed by atoms with van der Waals surface area (Å²) in [4.78, 5) is 25.5. The maximum absolute atomic E-state index is 12.8. The average molecular weight is 378 g/mol. The number of cyclic esters (lactones) is 1. The average Bonchev–Trinajstić information content (AvgIpc) is 2.74. The smallest absolute Gasteiger partial charge is 0.417 e. The van der Waals surface area contributed by atoms with E-state index in [0.717, 1.165) is 17.4 Å². The van der Waals surface area contributed by atoms with Crippen molar-refractivity contribution < 1.29 is 27.5 Å². The van der Waals surface area contributed by atoms with Gasteiger partial charge in [-0.1, -0.05) is 37.3 Å². The van der Waals surface area contributed by atoms with Crippen molar-refractivity contribution in [1.82, 2.24) is 4.90 Å². The largest absolute Gasteiger partial charge is 0.441 e. The van der Waals surface area contributed by atoms with Crippen LogP contribution in [0.2, 0.25) is 0 Å². The minimum Gasteiger partial charge on any atom is -0.441 e. The van der Waals surface area contributed by atoms with E-state index >= 15 is 0 Å². The summed E-state index contributed by atoms with van der Waals surface area (Å²) in [6.45, 7) is 4.31. The maximum atomic E-state index is 12.8. The molecule has 1 aliphatic heterocycles. The SMILES string of the molecule is C[C@@H](C(=O)N1C(=O)OC(C)(C)[C@@H]1Cc1ccccc1)C(Cl)C(F)(F)F. The Balaban J connectivity index is 2.29. The summed E-state index contributed by atoms with van der Waals surface area (Å²) >= 11 is 5.38. The number of hydrogen-bond acceptors (Lipinski definition) is 3. The van der Waals surface area contributed by atoms with Gasteiger partial charge < -0.3 is 4.74 Å². The fourth-order valence-electron chi connectivity index (χ4n) is 2.83. The predicted octanol–water partition coefficient (Wildman–Crippen LogP) is 4.16. The molecule has 0 saturated carbocycles. The van der Waals surface area contributed by atoms with Crippen molar-refractivity contribution >= 4 is 23.6 Å². The van der Waals surface area contributed by atoms with Crippen LogP contribution in [0, 0.1) is 5.92 Å². The van der Waals surface area contributed by atoms with Crippen LogP contribution in [0.15, 0.2) is 30.3 Å². The van der Waals surface area contributed by atoms with E-state index in [2.05, 4.69) is 0 Å². The molecule has 0 spiro atoms. The van der Waals surface area contributed by atoms with Gasteiger partial charge >= 0.3 is 12.3 Å². The minimum atomic E-state index is -4.75. The Kier molecular flexibility index (Phi) is 5.37. The highest BCUT2D eigenvalue weighted by molar-refractivity contribution is 6.23. The Bertz CT molecular complexity index is 648. The number of halogens is 4. The van der Waals surface area contributed by atoms with Crippen LogP contribution in [0.3, 0.4) is 0 Å². The lowest BCUT2D eigenvalue weighted by Gasteiger charge is -2.30. The van der Waals surface area contributed by atoms with E-state index in [4.69, 9.17) is 16.3 Å². The van der Waals surface area contributed by atoms with Crippen molar-refractivity contribution in [2.45, 2.75) is 50.4 Å². The van der Waals surface area contributed by atoms with E-state index in [0.29, 0.717) is 0 Å². The van der Waals surface area contributed by atoms with Crippen LogP contribution in [0.5, 0.6) is 0 Å². The minimum absolute atomic E-state index is 0.275. The number of ether oxygens (including phenoxy) is 1. The Morgan fingerprint density at radius 1 is 1.32 bits per heavy atom. The summed E-state index contributed by atoms with van der Waals surface area (Å²) in [5.74, 6) is -2.60. The highest BCUT2D eigenvalue weighted by atomic mass is 35.5. The molecule has 138 valence electrons. The predicted molar refractivity (Wildman–Crippen MR) is 86.2 cm³/mol. The Labute approximate surface area is 148 Å². The number of nitrogens with zero attached hydrogens (tertiary/aromatic N) is 1. The standard InChI is InChI=1S/C17H19ClF3NO3/c1-10(13(18)17(19,20)21)14(23)22-12(16(2,3)25-15(22)24)9-11-7-5-4-6-8-11/h4-8,10,12-13H,9H2,1-3H3/t10-,12+,13?/m1/s1. The van der Waals surface area contributed by atoms with Crippen molar-refractivity contribution in [3.05, 3.63) is 35.9 Å². The monoisotopic (exact) mass is 377 g/mol. The molecule has 0 aromatic heterocycles. The number of amides is 2. The van der Waals surface area contributed by atoms with E-state index < -0.39 is 41.1 Å². The van der Waals surface area contributed by atoms with Gasteiger partial charge in [0.2, 0.25) is 5.91 Å². The van der Waals surface area contributed by atoms with Gasteiger partial charge in [-0.3, -0.25) is 4.79 Å². The van der Waals surface area contributed by atoms with Crippen molar-refractivity contribution in [1.29, 1.82) is 0 Å². The van der Waals surface area contributed by atoms with Crippen molar-refractivity contribution in [3.8, 4) is 0 Å². The molecule has 1 saturated heterocycles. The molecule has 0 N–H and O–H groups in total. The molecule has 4 nitrogen and oxygen atoms in total. The zero-order valence-electron chi connectivity index (χ0n) is 14.0. The molecule has 0 aliphatic carbocycles. The number of benzene rings is 1. The third-order valence-corrected chi connectivity index (χ3v) is 4.94. The number of alkyl halides is 4.